The maximum absolute atomic E-state index is 2.51. The summed E-state index contributed by atoms with van der Waals surface area (Å²) in [6.07, 6.45) is 46.9. The highest BCUT2D eigenvalue weighted by atomic mass is 14.6. The van der Waals surface area contributed by atoms with Crippen molar-refractivity contribution in [2.24, 2.45) is 47.3 Å². The molecule has 0 spiro atoms. The first-order chi connectivity index (χ1) is 17.9. The summed E-state index contributed by atoms with van der Waals surface area (Å²) in [4.78, 5) is 0. The molecule has 0 aromatic rings. The van der Waals surface area contributed by atoms with Gasteiger partial charge < -0.3 is 0 Å². The highest BCUT2D eigenvalue weighted by molar-refractivity contribution is 5.31. The van der Waals surface area contributed by atoms with E-state index in [-0.39, 0.29) is 0 Å². The Kier molecular flexibility index (Phi) is 8.17. The van der Waals surface area contributed by atoms with E-state index in [1.54, 1.807) is 17.6 Å². The Morgan fingerprint density at radius 1 is 0.556 bits per heavy atom. The van der Waals surface area contributed by atoms with Crippen LogP contribution in [0, 0.1) is 47.3 Å². The molecule has 0 heterocycles. The second kappa shape index (κ2) is 11.9. The smallest absolute Gasteiger partial charge is 0.0130 e. The normalized spacial score (nSPS) is 37.8. The highest BCUT2D eigenvalue weighted by Gasteiger charge is 2.56. The van der Waals surface area contributed by atoms with Gasteiger partial charge in [-0.1, -0.05) is 143 Å². The zero-order chi connectivity index (χ0) is 24.2. The predicted molar refractivity (Wildman–Crippen MR) is 155 cm³/mol. The molecule has 0 aromatic carbocycles. The van der Waals surface area contributed by atoms with Crippen LogP contribution in [-0.2, 0) is 0 Å². The number of rotatable bonds is 6. The topological polar surface area (TPSA) is 0 Å². The van der Waals surface area contributed by atoms with Crippen molar-refractivity contribution >= 4 is 0 Å². The minimum Gasteiger partial charge on any atom is -0.0804 e. The molecule has 0 saturated heterocycles. The van der Waals surface area contributed by atoms with Gasteiger partial charge in [0.25, 0.3) is 0 Å². The first-order valence-corrected chi connectivity index (χ1v) is 15.9. The van der Waals surface area contributed by atoms with Crippen LogP contribution in [0.5, 0.6) is 0 Å². The molecule has 6 atom stereocenters. The van der Waals surface area contributed by atoms with Crippen LogP contribution in [0.1, 0.15) is 103 Å². The molecule has 36 heavy (non-hydrogen) atoms. The minimum absolute atomic E-state index is 0.852. The lowest BCUT2D eigenvalue weighted by atomic mass is 9.43. The van der Waals surface area contributed by atoms with Crippen LogP contribution in [0.2, 0.25) is 0 Å². The van der Waals surface area contributed by atoms with E-state index >= 15 is 0 Å². The molecular weight excluding hydrogens is 432 g/mol. The van der Waals surface area contributed by atoms with Gasteiger partial charge in [0, 0.05) is 0 Å². The molecule has 0 radical (unpaired) electrons. The Labute approximate surface area is 221 Å². The fourth-order valence-electron chi connectivity index (χ4n) is 9.56. The van der Waals surface area contributed by atoms with Gasteiger partial charge in [0.05, 0.1) is 0 Å². The van der Waals surface area contributed by atoms with Crippen molar-refractivity contribution in [2.75, 3.05) is 0 Å². The molecule has 0 bridgehead atoms. The Balaban J connectivity index is 1.26. The number of hydrogen-bond acceptors (Lipinski definition) is 0. The van der Waals surface area contributed by atoms with Crippen LogP contribution in [0.25, 0.3) is 0 Å². The number of hydrogen-bond donors (Lipinski definition) is 0. The molecule has 6 aliphatic carbocycles. The molecule has 0 aliphatic heterocycles. The van der Waals surface area contributed by atoms with Gasteiger partial charge in [-0.2, -0.15) is 0 Å². The third-order valence-corrected chi connectivity index (χ3v) is 11.3. The summed E-state index contributed by atoms with van der Waals surface area (Å²) in [5.74, 6) is 7.60. The van der Waals surface area contributed by atoms with Crippen LogP contribution in [0.15, 0.2) is 71.9 Å². The summed E-state index contributed by atoms with van der Waals surface area (Å²) in [6.45, 7) is 0. The summed E-state index contributed by atoms with van der Waals surface area (Å²) in [5.41, 5.74) is 3.51. The zero-order valence-electron chi connectivity index (χ0n) is 22.7. The summed E-state index contributed by atoms with van der Waals surface area (Å²) < 4.78 is 0. The predicted octanol–water partition coefficient (Wildman–Crippen LogP) is 10.3. The maximum atomic E-state index is 2.51. The van der Waals surface area contributed by atoms with E-state index in [1.807, 2.05) is 0 Å². The monoisotopic (exact) mass is 482 g/mol. The van der Waals surface area contributed by atoms with Crippen molar-refractivity contribution in [3.05, 3.63) is 71.9 Å². The second-order valence-corrected chi connectivity index (χ2v) is 13.3. The molecule has 6 unspecified atom stereocenters. The third kappa shape index (κ3) is 5.35. The van der Waals surface area contributed by atoms with E-state index in [0.717, 1.165) is 47.3 Å². The van der Waals surface area contributed by atoms with E-state index in [2.05, 4.69) is 60.8 Å². The second-order valence-electron chi connectivity index (χ2n) is 13.3. The average molecular weight is 483 g/mol. The fraction of sp³-hybridized carbons (Fsp3) is 0.667. The van der Waals surface area contributed by atoms with E-state index < -0.39 is 0 Å². The molecule has 0 nitrogen and oxygen atoms in total. The van der Waals surface area contributed by atoms with Gasteiger partial charge in [0.15, 0.2) is 0 Å². The molecule has 4 saturated carbocycles. The van der Waals surface area contributed by atoms with Crippen molar-refractivity contribution in [3.63, 3.8) is 0 Å². The zero-order valence-corrected chi connectivity index (χ0v) is 22.7. The van der Waals surface area contributed by atoms with Crippen LogP contribution in [0.4, 0.5) is 0 Å². The highest BCUT2D eigenvalue weighted by Crippen LogP contribution is 2.64. The first kappa shape index (κ1) is 24.8. The Bertz CT molecular complexity index is 908. The average Bonchev–Trinajstić information content (AvgIpc) is 3.41. The van der Waals surface area contributed by atoms with Gasteiger partial charge in [-0.05, 0) is 79.4 Å². The standard InChI is InChI=1S/C36H50/c1-2-11-19-28(18-10-1)32-25-31(24-27-16-8-7-9-17-27)36(32)34-26-33(29-20-12-3-4-13-21-29)35(34)30-22-14-5-6-15-23-30/h1-4,10-13,18,20,27,30-36H,5-9,14-17,19,21-26H2. The lowest BCUT2D eigenvalue weighted by Gasteiger charge is -2.61. The van der Waals surface area contributed by atoms with E-state index in [9.17, 15) is 0 Å². The van der Waals surface area contributed by atoms with Crippen molar-refractivity contribution in [2.45, 2.75) is 103 Å². The molecule has 6 rings (SSSR count). The van der Waals surface area contributed by atoms with Gasteiger partial charge in [0.2, 0.25) is 0 Å². The van der Waals surface area contributed by atoms with E-state index in [1.165, 1.54) is 96.3 Å². The van der Waals surface area contributed by atoms with Gasteiger partial charge >= 0.3 is 0 Å². The molecular formula is C36H50. The van der Waals surface area contributed by atoms with Crippen molar-refractivity contribution in [1.82, 2.24) is 0 Å². The van der Waals surface area contributed by atoms with Crippen molar-refractivity contribution in [1.29, 1.82) is 0 Å². The van der Waals surface area contributed by atoms with E-state index in [0.29, 0.717) is 0 Å². The Morgan fingerprint density at radius 3 is 1.81 bits per heavy atom. The largest absolute Gasteiger partial charge is 0.0804 e. The third-order valence-electron chi connectivity index (χ3n) is 11.3. The molecule has 0 aromatic heterocycles. The quantitative estimate of drug-likeness (QED) is 0.330. The minimum atomic E-state index is 0.852. The lowest BCUT2D eigenvalue weighted by molar-refractivity contribution is -0.0931. The SMILES string of the molecule is C1=CC=C(C2CC(CC3CCCCC3)C2C2CC(C3=CC=CC=CC3)C2C2CCCCCC2)CC=C1. The van der Waals surface area contributed by atoms with E-state index in [4.69, 9.17) is 0 Å². The summed E-state index contributed by atoms with van der Waals surface area (Å²) in [6, 6.07) is 0. The molecule has 0 heteroatoms. The summed E-state index contributed by atoms with van der Waals surface area (Å²) in [7, 11) is 0. The number of allylic oxidation sites excluding steroid dienone is 12. The van der Waals surface area contributed by atoms with Crippen LogP contribution < -0.4 is 0 Å². The lowest BCUT2D eigenvalue weighted by Crippen LogP contribution is -2.54. The van der Waals surface area contributed by atoms with Gasteiger partial charge in [-0.25, -0.2) is 0 Å². The molecule has 4 fully saturated rings. The molecule has 194 valence electrons. The van der Waals surface area contributed by atoms with Crippen LogP contribution in [-0.4, -0.2) is 0 Å². The summed E-state index contributed by atoms with van der Waals surface area (Å²) >= 11 is 0. The van der Waals surface area contributed by atoms with Crippen LogP contribution >= 0.6 is 0 Å². The Hall–Kier alpha value is -1.56. The van der Waals surface area contributed by atoms with Crippen molar-refractivity contribution < 1.29 is 0 Å². The van der Waals surface area contributed by atoms with Gasteiger partial charge in [0.1, 0.15) is 0 Å². The summed E-state index contributed by atoms with van der Waals surface area (Å²) in [5, 5.41) is 0. The van der Waals surface area contributed by atoms with Crippen LogP contribution in [0.3, 0.4) is 0 Å². The van der Waals surface area contributed by atoms with Gasteiger partial charge in [-0.15, -0.1) is 0 Å². The molecule has 6 aliphatic rings. The van der Waals surface area contributed by atoms with Crippen molar-refractivity contribution in [3.8, 4) is 0 Å². The molecule has 0 N–H and O–H groups in total. The Morgan fingerprint density at radius 2 is 1.14 bits per heavy atom. The van der Waals surface area contributed by atoms with Gasteiger partial charge in [-0.3, -0.25) is 0 Å². The fourth-order valence-corrected chi connectivity index (χ4v) is 9.56. The first-order valence-electron chi connectivity index (χ1n) is 15.9. The maximum Gasteiger partial charge on any atom is -0.0130 e. The molecule has 0 amide bonds.